The van der Waals surface area contributed by atoms with Gasteiger partial charge in [0.05, 0.1) is 18.9 Å². The highest BCUT2D eigenvalue weighted by molar-refractivity contribution is 5.99. The average Bonchev–Trinajstić information content (AvgIpc) is 2.64. The average molecular weight is 398 g/mol. The Labute approximate surface area is 164 Å². The maximum atomic E-state index is 12.3. The van der Waals surface area contributed by atoms with Crippen LogP contribution in [0.1, 0.15) is 71.1 Å². The second kappa shape index (κ2) is 13.0. The molecule has 0 radical (unpaired) electrons. The quantitative estimate of drug-likeness (QED) is 0.691. The van der Waals surface area contributed by atoms with Crippen LogP contribution in [0.15, 0.2) is 12.2 Å². The Balaban J connectivity index is 2.75. The molecule has 0 fully saturated rings. The highest BCUT2D eigenvalue weighted by Gasteiger charge is 2.22. The van der Waals surface area contributed by atoms with Gasteiger partial charge < -0.3 is 19.7 Å². The summed E-state index contributed by atoms with van der Waals surface area (Å²) in [5.41, 5.74) is 0. The van der Waals surface area contributed by atoms with E-state index in [0.717, 1.165) is 44.3 Å². The van der Waals surface area contributed by atoms with Crippen LogP contribution < -0.4 is 0 Å². The number of rotatable bonds is 4. The van der Waals surface area contributed by atoms with Crippen molar-refractivity contribution in [1.82, 2.24) is 0 Å². The summed E-state index contributed by atoms with van der Waals surface area (Å²) < 4.78 is 10.2. The third-order valence-electron chi connectivity index (χ3n) is 4.58. The highest BCUT2D eigenvalue weighted by atomic mass is 16.6. The van der Waals surface area contributed by atoms with Gasteiger partial charge in [-0.3, -0.25) is 14.4 Å². The molecule has 1 aliphatic rings. The second-order valence-corrected chi connectivity index (χ2v) is 7.02. The lowest BCUT2D eigenvalue weighted by molar-refractivity contribution is -0.155. The molecular formula is C20H30O8. The molecule has 0 spiro atoms. The summed E-state index contributed by atoms with van der Waals surface area (Å²) in [5.74, 6) is -3.20. The van der Waals surface area contributed by atoms with Crippen LogP contribution in [0.4, 0.5) is 0 Å². The zero-order chi connectivity index (χ0) is 20.9. The first kappa shape index (κ1) is 23.8. The molecule has 1 rings (SSSR count). The molecule has 1 aliphatic heterocycles. The van der Waals surface area contributed by atoms with Crippen LogP contribution in [0.2, 0.25) is 0 Å². The monoisotopic (exact) mass is 398 g/mol. The topological polar surface area (TPSA) is 127 Å². The van der Waals surface area contributed by atoms with E-state index in [9.17, 15) is 24.3 Å². The molecule has 2 N–H and O–H groups in total. The third kappa shape index (κ3) is 10.2. The molecule has 0 aromatic carbocycles. The minimum absolute atomic E-state index is 0.312. The van der Waals surface area contributed by atoms with Crippen molar-refractivity contribution in [3.8, 4) is 0 Å². The minimum atomic E-state index is -1.12. The Morgan fingerprint density at radius 3 is 2.29 bits per heavy atom. The molecule has 0 bridgehead atoms. The van der Waals surface area contributed by atoms with E-state index >= 15 is 0 Å². The number of esters is 2. The van der Waals surface area contributed by atoms with Gasteiger partial charge in [-0.2, -0.15) is 0 Å². The Bertz CT molecular complexity index is 569. The van der Waals surface area contributed by atoms with E-state index in [0.29, 0.717) is 19.3 Å². The molecule has 8 nitrogen and oxygen atoms in total. The van der Waals surface area contributed by atoms with Crippen molar-refractivity contribution in [3.63, 3.8) is 0 Å². The van der Waals surface area contributed by atoms with Gasteiger partial charge in [-0.1, -0.05) is 32.1 Å². The molecule has 0 aromatic rings. The lowest BCUT2D eigenvalue weighted by Crippen LogP contribution is -2.29. The Kier molecular flexibility index (Phi) is 11.1. The van der Waals surface area contributed by atoms with Gasteiger partial charge in [0.1, 0.15) is 6.10 Å². The molecule has 0 saturated heterocycles. The summed E-state index contributed by atoms with van der Waals surface area (Å²) in [6, 6.07) is 0. The predicted octanol–water partition coefficient (Wildman–Crippen LogP) is 2.32. The number of aliphatic carboxylic acids is 1. The fraction of sp³-hybridized carbons (Fsp3) is 0.700. The number of hydrogen-bond donors (Lipinski definition) is 2. The maximum absolute atomic E-state index is 12.3. The van der Waals surface area contributed by atoms with Crippen LogP contribution in [0.5, 0.6) is 0 Å². The van der Waals surface area contributed by atoms with E-state index < -0.39 is 42.0 Å². The third-order valence-corrected chi connectivity index (χ3v) is 4.58. The number of ether oxygens (including phenoxy) is 2. The summed E-state index contributed by atoms with van der Waals surface area (Å²) in [5, 5.41) is 18.7. The van der Waals surface area contributed by atoms with Gasteiger partial charge in [0.2, 0.25) is 0 Å². The van der Waals surface area contributed by atoms with E-state index in [1.807, 2.05) is 0 Å². The van der Waals surface area contributed by atoms with Gasteiger partial charge >= 0.3 is 17.9 Å². The summed E-state index contributed by atoms with van der Waals surface area (Å²) in [6.45, 7) is 1.59. The molecule has 0 aliphatic carbocycles. The molecule has 8 heteroatoms. The number of carbonyl (C=O) groups is 4. The van der Waals surface area contributed by atoms with Crippen LogP contribution in [0.25, 0.3) is 0 Å². The van der Waals surface area contributed by atoms with Gasteiger partial charge in [-0.15, -0.1) is 0 Å². The van der Waals surface area contributed by atoms with Crippen molar-refractivity contribution < 1.29 is 38.9 Å². The number of carboxylic acids is 1. The number of ketones is 1. The van der Waals surface area contributed by atoms with Crippen LogP contribution in [-0.2, 0) is 28.7 Å². The van der Waals surface area contributed by atoms with Crippen molar-refractivity contribution >= 4 is 23.7 Å². The number of carboxylic acid groups (broad SMARTS) is 1. The smallest absolute Gasteiger partial charge is 0.331 e. The van der Waals surface area contributed by atoms with Gasteiger partial charge in [0, 0.05) is 6.08 Å². The Hall–Kier alpha value is -2.22. The predicted molar refractivity (Wildman–Crippen MR) is 99.4 cm³/mol. The van der Waals surface area contributed by atoms with Crippen molar-refractivity contribution in [2.75, 3.05) is 0 Å². The lowest BCUT2D eigenvalue weighted by Gasteiger charge is -2.19. The fourth-order valence-corrected chi connectivity index (χ4v) is 2.87. The molecule has 158 valence electrons. The molecule has 3 atom stereocenters. The van der Waals surface area contributed by atoms with Crippen molar-refractivity contribution in [2.45, 2.75) is 89.4 Å². The number of aliphatic hydroxyl groups is 1. The molecule has 28 heavy (non-hydrogen) atoms. The first-order valence-corrected chi connectivity index (χ1v) is 9.81. The maximum Gasteiger partial charge on any atom is 0.331 e. The summed E-state index contributed by atoms with van der Waals surface area (Å²) in [7, 11) is 0. The van der Waals surface area contributed by atoms with Crippen LogP contribution in [0, 0.1) is 0 Å². The molecule has 0 saturated carbocycles. The van der Waals surface area contributed by atoms with Gasteiger partial charge in [-0.05, 0) is 32.3 Å². The zero-order valence-corrected chi connectivity index (χ0v) is 16.3. The van der Waals surface area contributed by atoms with E-state index in [1.165, 1.54) is 0 Å². The normalized spacial score (nSPS) is 26.9. The SMILES string of the molecule is C[C@H]1OC(=O)/C=C\C(=O)[C@@H](OC(=O)CCC(=O)O)CCCCCCCC[C@@H]1O. The molecule has 0 amide bonds. The number of cyclic esters (lactones) is 1. The first-order chi connectivity index (χ1) is 13.3. The number of carbonyl (C=O) groups excluding carboxylic acids is 3. The molecule has 1 heterocycles. The Morgan fingerprint density at radius 1 is 1.04 bits per heavy atom. The van der Waals surface area contributed by atoms with E-state index in [-0.39, 0.29) is 12.8 Å². The summed E-state index contributed by atoms with van der Waals surface area (Å²) in [6.07, 6.45) is 4.88. The van der Waals surface area contributed by atoms with E-state index in [1.54, 1.807) is 6.92 Å². The number of hydrogen-bond acceptors (Lipinski definition) is 7. The first-order valence-electron chi connectivity index (χ1n) is 9.81. The minimum Gasteiger partial charge on any atom is -0.481 e. The summed E-state index contributed by atoms with van der Waals surface area (Å²) >= 11 is 0. The van der Waals surface area contributed by atoms with Crippen molar-refractivity contribution in [1.29, 1.82) is 0 Å². The van der Waals surface area contributed by atoms with E-state index in [4.69, 9.17) is 14.6 Å². The highest BCUT2D eigenvalue weighted by Crippen LogP contribution is 2.16. The van der Waals surface area contributed by atoms with E-state index in [2.05, 4.69) is 0 Å². The standard InChI is InChI=1S/C20H30O8/c1-14-15(21)8-6-4-2-3-5-7-9-17(16(22)10-12-19(25)27-14)28-20(26)13-11-18(23)24/h10,12,14-15,17,21H,2-9,11,13H2,1H3,(H,23,24)/b12-10-/t14-,15+,17+/m1/s1. The van der Waals surface area contributed by atoms with Crippen LogP contribution >= 0.6 is 0 Å². The second-order valence-electron chi connectivity index (χ2n) is 7.02. The molecule has 0 aromatic heterocycles. The fourth-order valence-electron chi connectivity index (χ4n) is 2.87. The van der Waals surface area contributed by atoms with Crippen molar-refractivity contribution in [3.05, 3.63) is 12.2 Å². The largest absolute Gasteiger partial charge is 0.481 e. The van der Waals surface area contributed by atoms with Gasteiger partial charge in [0.25, 0.3) is 0 Å². The van der Waals surface area contributed by atoms with Crippen LogP contribution in [-0.4, -0.2) is 52.2 Å². The van der Waals surface area contributed by atoms with Crippen molar-refractivity contribution in [2.24, 2.45) is 0 Å². The Morgan fingerprint density at radius 2 is 1.64 bits per heavy atom. The lowest BCUT2D eigenvalue weighted by atomic mass is 10.0. The van der Waals surface area contributed by atoms with Gasteiger partial charge in [0.15, 0.2) is 11.9 Å². The molecular weight excluding hydrogens is 368 g/mol. The summed E-state index contributed by atoms with van der Waals surface area (Å²) in [4.78, 5) is 46.5. The molecule has 0 unspecified atom stereocenters. The number of aliphatic hydroxyl groups excluding tert-OH is 1. The van der Waals surface area contributed by atoms with Crippen LogP contribution in [0.3, 0.4) is 0 Å². The zero-order valence-electron chi connectivity index (χ0n) is 16.3. The van der Waals surface area contributed by atoms with Gasteiger partial charge in [-0.25, -0.2) is 4.79 Å².